The largest absolute Gasteiger partial charge is 0.383 e. The maximum absolute atomic E-state index is 13.8. The first kappa shape index (κ1) is 21.0. The zero-order chi connectivity index (χ0) is 21.0. The minimum Gasteiger partial charge on any atom is -0.383 e. The predicted molar refractivity (Wildman–Crippen MR) is 118 cm³/mol. The van der Waals surface area contributed by atoms with Gasteiger partial charge < -0.3 is 20.8 Å². The average molecular weight is 431 g/mol. The summed E-state index contributed by atoms with van der Waals surface area (Å²) >= 11 is 7.05. The molecule has 0 aliphatic heterocycles. The lowest BCUT2D eigenvalue weighted by Crippen LogP contribution is -2.23. The average Bonchev–Trinajstić information content (AvgIpc) is 2.68. The lowest BCUT2D eigenvalue weighted by Gasteiger charge is -2.12. The molecule has 1 heterocycles. The van der Waals surface area contributed by atoms with Crippen molar-refractivity contribution in [2.45, 2.75) is 4.90 Å². The van der Waals surface area contributed by atoms with E-state index in [1.54, 1.807) is 12.3 Å². The van der Waals surface area contributed by atoms with Crippen LogP contribution in [0.25, 0.3) is 11.4 Å². The summed E-state index contributed by atoms with van der Waals surface area (Å²) in [4.78, 5) is 11.0. The van der Waals surface area contributed by atoms with Crippen LogP contribution < -0.4 is 10.5 Å². The fraction of sp³-hybridized carbons (Fsp3) is 0.150. The zero-order valence-corrected chi connectivity index (χ0v) is 17.5. The molecule has 0 fully saturated rings. The molecule has 0 aliphatic rings. The Morgan fingerprint density at radius 1 is 1.24 bits per heavy atom. The molecular formula is C20H20ClFN6S. The van der Waals surface area contributed by atoms with Gasteiger partial charge in [0.1, 0.15) is 11.6 Å². The summed E-state index contributed by atoms with van der Waals surface area (Å²) in [6.45, 7) is 0.457. The van der Waals surface area contributed by atoms with Gasteiger partial charge in [0.15, 0.2) is 5.82 Å². The van der Waals surface area contributed by atoms with Crippen LogP contribution in [0.1, 0.15) is 5.56 Å². The van der Waals surface area contributed by atoms with E-state index in [4.69, 9.17) is 22.7 Å². The second-order valence-corrected chi connectivity index (χ2v) is 7.85. The Bertz CT molecular complexity index is 1030. The van der Waals surface area contributed by atoms with Crippen molar-refractivity contribution < 1.29 is 4.39 Å². The van der Waals surface area contributed by atoms with Crippen LogP contribution in [0.2, 0.25) is 5.02 Å². The molecule has 3 aromatic rings. The Kier molecular flexibility index (Phi) is 6.68. The molecular weight excluding hydrogens is 411 g/mol. The molecule has 0 radical (unpaired) electrons. The van der Waals surface area contributed by atoms with Gasteiger partial charge in [-0.25, -0.2) is 14.4 Å². The third kappa shape index (κ3) is 5.44. The molecule has 4 N–H and O–H groups in total. The van der Waals surface area contributed by atoms with Crippen LogP contribution in [0.3, 0.4) is 0 Å². The molecule has 0 aliphatic carbocycles. The normalized spacial score (nSPS) is 10.9. The topological polar surface area (TPSA) is 90.9 Å². The molecule has 2 aromatic carbocycles. The smallest absolute Gasteiger partial charge is 0.161 e. The number of nitrogens with one attached hydrogen (secondary N) is 2. The van der Waals surface area contributed by atoms with E-state index in [2.05, 4.69) is 14.7 Å². The molecule has 0 bridgehead atoms. The Hall–Kier alpha value is -2.68. The highest BCUT2D eigenvalue weighted by molar-refractivity contribution is 8.00. The predicted octanol–water partition coefficient (Wildman–Crippen LogP) is 4.57. The minimum absolute atomic E-state index is 0.274. The van der Waals surface area contributed by atoms with Gasteiger partial charge in [-0.3, -0.25) is 0 Å². The van der Waals surface area contributed by atoms with Crippen molar-refractivity contribution in [3.63, 3.8) is 0 Å². The van der Waals surface area contributed by atoms with E-state index in [0.717, 1.165) is 23.2 Å². The first-order valence-corrected chi connectivity index (χ1v) is 9.86. The highest BCUT2D eigenvalue weighted by Gasteiger charge is 2.11. The summed E-state index contributed by atoms with van der Waals surface area (Å²) in [6, 6.07) is 11.8. The van der Waals surface area contributed by atoms with Gasteiger partial charge in [-0.1, -0.05) is 11.6 Å². The Balaban J connectivity index is 1.70. The van der Waals surface area contributed by atoms with Crippen LogP contribution in [-0.4, -0.2) is 41.2 Å². The molecule has 0 amide bonds. The lowest BCUT2D eigenvalue weighted by atomic mass is 10.1. The van der Waals surface area contributed by atoms with Gasteiger partial charge in [0, 0.05) is 29.0 Å². The second-order valence-electron chi connectivity index (χ2n) is 6.57. The fourth-order valence-electron chi connectivity index (χ4n) is 2.52. The third-order valence-electron chi connectivity index (χ3n) is 3.93. The molecule has 0 saturated heterocycles. The van der Waals surface area contributed by atoms with Crippen LogP contribution in [0, 0.1) is 11.2 Å². The number of hydrogen-bond acceptors (Lipinski definition) is 7. The number of halogens is 2. The third-order valence-corrected chi connectivity index (χ3v) is 5.04. The number of nitrogens with zero attached hydrogens (tertiary/aromatic N) is 3. The Labute approximate surface area is 178 Å². The van der Waals surface area contributed by atoms with E-state index in [0.29, 0.717) is 33.6 Å². The van der Waals surface area contributed by atoms with Crippen molar-refractivity contribution in [2.75, 3.05) is 31.1 Å². The van der Waals surface area contributed by atoms with Crippen LogP contribution >= 0.6 is 23.5 Å². The highest BCUT2D eigenvalue weighted by atomic mass is 35.5. The van der Waals surface area contributed by atoms with Crippen LogP contribution in [0.15, 0.2) is 53.6 Å². The first-order valence-electron chi connectivity index (χ1n) is 8.67. The summed E-state index contributed by atoms with van der Waals surface area (Å²) in [5.74, 6) is 0.410. The van der Waals surface area contributed by atoms with E-state index in [9.17, 15) is 4.39 Å². The Morgan fingerprint density at radius 3 is 2.62 bits per heavy atom. The Morgan fingerprint density at radius 2 is 1.97 bits per heavy atom. The highest BCUT2D eigenvalue weighted by Crippen LogP contribution is 2.27. The quantitative estimate of drug-likeness (QED) is 0.376. The number of anilines is 2. The van der Waals surface area contributed by atoms with Crippen molar-refractivity contribution in [1.29, 1.82) is 5.41 Å². The maximum atomic E-state index is 13.8. The number of likely N-dealkylation sites (N-methyl/N-ethyl adjacent to an activating group) is 1. The summed E-state index contributed by atoms with van der Waals surface area (Å²) < 4.78 is 16.9. The van der Waals surface area contributed by atoms with E-state index < -0.39 is 0 Å². The fourth-order valence-corrected chi connectivity index (χ4v) is 3.48. The van der Waals surface area contributed by atoms with Crippen LogP contribution in [-0.2, 0) is 0 Å². The van der Waals surface area contributed by atoms with Crippen molar-refractivity contribution in [1.82, 2.24) is 14.9 Å². The molecule has 0 atom stereocenters. The van der Waals surface area contributed by atoms with Gasteiger partial charge >= 0.3 is 0 Å². The first-order chi connectivity index (χ1) is 13.8. The maximum Gasteiger partial charge on any atom is 0.161 e. The lowest BCUT2D eigenvalue weighted by molar-refractivity contribution is 0.469. The number of nitrogens with two attached hydrogens (primary N) is 1. The summed E-state index contributed by atoms with van der Waals surface area (Å²) in [5, 5.41) is 8.58. The minimum atomic E-state index is -0.340. The molecule has 150 valence electrons. The number of benzene rings is 2. The molecule has 0 spiro atoms. The number of rotatable bonds is 7. The molecule has 3 rings (SSSR count). The molecule has 0 unspecified atom stereocenters. The van der Waals surface area contributed by atoms with E-state index in [1.807, 2.05) is 43.3 Å². The van der Waals surface area contributed by atoms with E-state index in [1.165, 1.54) is 12.1 Å². The van der Waals surface area contributed by atoms with Crippen LogP contribution in [0.4, 0.5) is 15.9 Å². The molecule has 9 heteroatoms. The number of aromatic nitrogens is 2. The number of nitrogen functional groups attached to an aromatic ring is 1. The van der Waals surface area contributed by atoms with Gasteiger partial charge in [-0.2, -0.15) is 0 Å². The standard InChI is InChI=1S/C20H20ClFN6S/c1-28(2)11-17(23)15-10-25-20(26-19(15)24)12-3-6-14(7-4-12)27-29-18-9-13(21)5-8-16(18)22/h3-10,23,27H,11H2,1-2H3,(H2,24,25,26). The van der Waals surface area contributed by atoms with Crippen molar-refractivity contribution in [2.24, 2.45) is 0 Å². The monoisotopic (exact) mass is 430 g/mol. The van der Waals surface area contributed by atoms with Crippen LogP contribution in [0.5, 0.6) is 0 Å². The summed E-state index contributed by atoms with van der Waals surface area (Å²) in [5.41, 5.74) is 8.50. The summed E-state index contributed by atoms with van der Waals surface area (Å²) in [6.07, 6.45) is 1.58. The molecule has 0 saturated carbocycles. The van der Waals surface area contributed by atoms with E-state index in [-0.39, 0.29) is 11.6 Å². The van der Waals surface area contributed by atoms with Gasteiger partial charge in [0.05, 0.1) is 16.2 Å². The zero-order valence-electron chi connectivity index (χ0n) is 15.9. The van der Waals surface area contributed by atoms with Gasteiger partial charge in [-0.15, -0.1) is 0 Å². The SMILES string of the molecule is CN(C)CC(=N)c1cnc(-c2ccc(NSc3cc(Cl)ccc3F)cc2)nc1N. The van der Waals surface area contributed by atoms with Crippen molar-refractivity contribution >= 4 is 40.8 Å². The van der Waals surface area contributed by atoms with Crippen molar-refractivity contribution in [3.8, 4) is 11.4 Å². The van der Waals surface area contributed by atoms with Gasteiger partial charge in [-0.05, 0) is 68.5 Å². The van der Waals surface area contributed by atoms with E-state index >= 15 is 0 Å². The molecule has 29 heavy (non-hydrogen) atoms. The summed E-state index contributed by atoms with van der Waals surface area (Å²) in [7, 11) is 3.77. The molecule has 1 aromatic heterocycles. The molecule has 6 nitrogen and oxygen atoms in total. The second kappa shape index (κ2) is 9.21. The number of hydrogen-bond donors (Lipinski definition) is 3. The van der Waals surface area contributed by atoms with Gasteiger partial charge in [0.25, 0.3) is 0 Å². The van der Waals surface area contributed by atoms with Crippen molar-refractivity contribution in [3.05, 3.63) is 65.1 Å². The van der Waals surface area contributed by atoms with Gasteiger partial charge in [0.2, 0.25) is 0 Å².